The fourth-order valence-corrected chi connectivity index (χ4v) is 4.21. The summed E-state index contributed by atoms with van der Waals surface area (Å²) in [6, 6.07) is 0.742. The Morgan fingerprint density at radius 3 is 2.50 bits per heavy atom. The van der Waals surface area contributed by atoms with E-state index >= 15 is 0 Å². The van der Waals surface area contributed by atoms with Gasteiger partial charge in [0.1, 0.15) is 0 Å². The lowest BCUT2D eigenvalue weighted by molar-refractivity contribution is -0.134. The quantitative estimate of drug-likeness (QED) is 0.511. The van der Waals surface area contributed by atoms with E-state index in [-0.39, 0.29) is 5.92 Å². The second-order valence-corrected chi connectivity index (χ2v) is 7.69. The molecule has 2 aliphatic rings. The fraction of sp³-hybridized carbons (Fsp3) is 0.900. The molecule has 2 fully saturated rings. The molecule has 1 amide bonds. The highest BCUT2D eigenvalue weighted by atomic mass is 16.2. The molecule has 0 spiro atoms. The van der Waals surface area contributed by atoms with Gasteiger partial charge in [-0.1, -0.05) is 26.7 Å². The van der Waals surface area contributed by atoms with Crippen LogP contribution in [0.5, 0.6) is 0 Å². The largest absolute Gasteiger partial charge is 0.357 e. The Labute approximate surface area is 159 Å². The van der Waals surface area contributed by atoms with Gasteiger partial charge in [0, 0.05) is 37.6 Å². The van der Waals surface area contributed by atoms with Crippen LogP contribution in [0.25, 0.3) is 0 Å². The summed E-state index contributed by atoms with van der Waals surface area (Å²) in [4.78, 5) is 21.9. The van der Waals surface area contributed by atoms with Gasteiger partial charge in [0.25, 0.3) is 0 Å². The Morgan fingerprint density at radius 2 is 1.88 bits per heavy atom. The number of guanidine groups is 1. The standard InChI is InChI=1S/C20H39N5O/c1-5-21-20(22-14-16(4)24(6-2)7-3)23-18-12-13-25(15-18)19(26)17-10-8-9-11-17/h16-18H,5-15H2,1-4H3,(H2,21,22,23). The monoisotopic (exact) mass is 365 g/mol. The molecule has 1 saturated heterocycles. The Hall–Kier alpha value is -1.30. The molecule has 6 nitrogen and oxygen atoms in total. The molecule has 1 heterocycles. The summed E-state index contributed by atoms with van der Waals surface area (Å²) in [5.74, 6) is 1.54. The molecule has 2 unspecified atom stereocenters. The molecule has 6 heteroatoms. The van der Waals surface area contributed by atoms with Crippen LogP contribution < -0.4 is 10.6 Å². The molecule has 0 aromatic heterocycles. The van der Waals surface area contributed by atoms with Gasteiger partial charge in [0.05, 0.1) is 6.54 Å². The molecule has 2 N–H and O–H groups in total. The van der Waals surface area contributed by atoms with Crippen LogP contribution in [0.3, 0.4) is 0 Å². The summed E-state index contributed by atoms with van der Waals surface area (Å²) in [5, 5.41) is 6.91. The first-order chi connectivity index (χ1) is 12.6. The van der Waals surface area contributed by atoms with E-state index < -0.39 is 0 Å². The zero-order valence-electron chi connectivity index (χ0n) is 17.3. The van der Waals surface area contributed by atoms with Crippen molar-refractivity contribution in [3.8, 4) is 0 Å². The zero-order chi connectivity index (χ0) is 18.9. The predicted octanol–water partition coefficient (Wildman–Crippen LogP) is 2.06. The van der Waals surface area contributed by atoms with Crippen LogP contribution in [-0.2, 0) is 4.79 Å². The minimum atomic E-state index is 0.283. The van der Waals surface area contributed by atoms with Crippen molar-refractivity contribution in [1.29, 1.82) is 0 Å². The molecule has 0 aromatic carbocycles. The van der Waals surface area contributed by atoms with Crippen LogP contribution >= 0.6 is 0 Å². The summed E-state index contributed by atoms with van der Waals surface area (Å²) >= 11 is 0. The average molecular weight is 366 g/mol. The number of nitrogens with one attached hydrogen (secondary N) is 2. The van der Waals surface area contributed by atoms with Crippen LogP contribution in [0.1, 0.15) is 59.8 Å². The Balaban J connectivity index is 1.85. The summed E-state index contributed by atoms with van der Waals surface area (Å²) in [7, 11) is 0. The third-order valence-electron chi connectivity index (χ3n) is 5.84. The van der Waals surface area contributed by atoms with E-state index in [1.807, 2.05) is 0 Å². The maximum atomic E-state index is 12.6. The third kappa shape index (κ3) is 5.86. The van der Waals surface area contributed by atoms with E-state index in [9.17, 15) is 4.79 Å². The van der Waals surface area contributed by atoms with Gasteiger partial charge in [0.2, 0.25) is 5.91 Å². The third-order valence-corrected chi connectivity index (χ3v) is 5.84. The first kappa shape index (κ1) is 21.0. The number of amides is 1. The van der Waals surface area contributed by atoms with Crippen LogP contribution in [0.2, 0.25) is 0 Å². The van der Waals surface area contributed by atoms with Gasteiger partial charge in [-0.15, -0.1) is 0 Å². The lowest BCUT2D eigenvalue weighted by Crippen LogP contribution is -2.46. The lowest BCUT2D eigenvalue weighted by Gasteiger charge is -2.25. The Kier molecular flexibility index (Phi) is 8.69. The SMILES string of the molecule is CCNC(=NCC(C)N(CC)CC)NC1CCN(C(=O)C2CCCC2)C1. The lowest BCUT2D eigenvalue weighted by atomic mass is 10.1. The first-order valence-corrected chi connectivity index (χ1v) is 10.7. The summed E-state index contributed by atoms with van der Waals surface area (Å²) in [5.41, 5.74) is 0. The van der Waals surface area contributed by atoms with E-state index in [1.165, 1.54) is 12.8 Å². The van der Waals surface area contributed by atoms with Gasteiger partial charge in [0.15, 0.2) is 5.96 Å². The van der Waals surface area contributed by atoms with E-state index in [2.05, 4.69) is 48.1 Å². The second kappa shape index (κ2) is 10.8. The molecular weight excluding hydrogens is 326 g/mol. The highest BCUT2D eigenvalue weighted by Crippen LogP contribution is 2.27. The molecular formula is C20H39N5O. The molecule has 2 rings (SSSR count). The molecule has 1 saturated carbocycles. The number of nitrogens with zero attached hydrogens (tertiary/aromatic N) is 3. The molecule has 26 heavy (non-hydrogen) atoms. The first-order valence-electron chi connectivity index (χ1n) is 10.7. The van der Waals surface area contributed by atoms with Crippen LogP contribution in [0, 0.1) is 5.92 Å². The number of carbonyl (C=O) groups excluding carboxylic acids is 1. The van der Waals surface area contributed by atoms with E-state index in [0.29, 0.717) is 18.0 Å². The van der Waals surface area contributed by atoms with Crippen LogP contribution in [0.15, 0.2) is 4.99 Å². The molecule has 1 aliphatic carbocycles. The number of hydrogen-bond acceptors (Lipinski definition) is 3. The fourth-order valence-electron chi connectivity index (χ4n) is 4.21. The van der Waals surface area contributed by atoms with E-state index in [0.717, 1.165) is 64.5 Å². The summed E-state index contributed by atoms with van der Waals surface area (Å²) in [6.45, 7) is 14.2. The number of aliphatic imine (C=N–C) groups is 1. The minimum Gasteiger partial charge on any atom is -0.357 e. The number of rotatable bonds is 8. The average Bonchev–Trinajstić information content (AvgIpc) is 3.32. The number of likely N-dealkylation sites (N-methyl/N-ethyl adjacent to an activating group) is 1. The zero-order valence-corrected chi connectivity index (χ0v) is 17.3. The molecule has 0 radical (unpaired) electrons. The molecule has 150 valence electrons. The second-order valence-electron chi connectivity index (χ2n) is 7.69. The van der Waals surface area contributed by atoms with Crippen molar-refractivity contribution in [2.24, 2.45) is 10.9 Å². The van der Waals surface area contributed by atoms with Crippen LogP contribution in [0.4, 0.5) is 0 Å². The van der Waals surface area contributed by atoms with E-state index in [1.54, 1.807) is 0 Å². The number of carbonyl (C=O) groups is 1. The molecule has 0 bridgehead atoms. The highest BCUT2D eigenvalue weighted by molar-refractivity contribution is 5.81. The number of likely N-dealkylation sites (tertiary alicyclic amines) is 1. The molecule has 1 aliphatic heterocycles. The Bertz CT molecular complexity index is 457. The van der Waals surface area contributed by atoms with Crippen molar-refractivity contribution in [2.75, 3.05) is 39.3 Å². The van der Waals surface area contributed by atoms with Gasteiger partial charge >= 0.3 is 0 Å². The van der Waals surface area contributed by atoms with Crippen molar-refractivity contribution >= 4 is 11.9 Å². The number of hydrogen-bond donors (Lipinski definition) is 2. The maximum Gasteiger partial charge on any atom is 0.225 e. The van der Waals surface area contributed by atoms with Crippen molar-refractivity contribution in [2.45, 2.75) is 71.9 Å². The minimum absolute atomic E-state index is 0.283. The molecule has 0 aromatic rings. The molecule has 2 atom stereocenters. The van der Waals surface area contributed by atoms with Gasteiger partial charge in [-0.3, -0.25) is 14.7 Å². The smallest absolute Gasteiger partial charge is 0.225 e. The van der Waals surface area contributed by atoms with Crippen molar-refractivity contribution in [3.05, 3.63) is 0 Å². The normalized spacial score (nSPS) is 22.9. The Morgan fingerprint density at radius 1 is 1.19 bits per heavy atom. The van der Waals surface area contributed by atoms with Gasteiger partial charge in [-0.2, -0.15) is 0 Å². The van der Waals surface area contributed by atoms with Crippen molar-refractivity contribution in [3.63, 3.8) is 0 Å². The van der Waals surface area contributed by atoms with Gasteiger partial charge < -0.3 is 15.5 Å². The van der Waals surface area contributed by atoms with Gasteiger partial charge in [-0.05, 0) is 46.2 Å². The van der Waals surface area contributed by atoms with Gasteiger partial charge in [-0.25, -0.2) is 0 Å². The predicted molar refractivity (Wildman–Crippen MR) is 108 cm³/mol. The van der Waals surface area contributed by atoms with Crippen LogP contribution in [-0.4, -0.2) is 73.0 Å². The topological polar surface area (TPSA) is 60.0 Å². The highest BCUT2D eigenvalue weighted by Gasteiger charge is 2.32. The summed E-state index contributed by atoms with van der Waals surface area (Å²) < 4.78 is 0. The van der Waals surface area contributed by atoms with E-state index in [4.69, 9.17) is 4.99 Å². The maximum absolute atomic E-state index is 12.6. The summed E-state index contributed by atoms with van der Waals surface area (Å²) in [6.07, 6.45) is 5.61. The van der Waals surface area contributed by atoms with Crippen molar-refractivity contribution < 1.29 is 4.79 Å². The van der Waals surface area contributed by atoms with Crippen molar-refractivity contribution in [1.82, 2.24) is 20.4 Å².